The molecule has 0 aliphatic heterocycles. The minimum Gasteiger partial charge on any atom is -0.297 e. The van der Waals surface area contributed by atoms with Gasteiger partial charge >= 0.3 is 0 Å². The van der Waals surface area contributed by atoms with E-state index >= 15 is 0 Å². The lowest BCUT2D eigenvalue weighted by molar-refractivity contribution is 0.680. The van der Waals surface area contributed by atoms with Gasteiger partial charge in [0.15, 0.2) is 0 Å². The van der Waals surface area contributed by atoms with Gasteiger partial charge in [-0.3, -0.25) is 9.36 Å². The largest absolute Gasteiger partial charge is 0.297 e. The van der Waals surface area contributed by atoms with Crippen LogP contribution in [0.25, 0.3) is 10.2 Å². The van der Waals surface area contributed by atoms with Crippen LogP contribution in [-0.2, 0) is 19.4 Å². The summed E-state index contributed by atoms with van der Waals surface area (Å²) in [4.78, 5) is 19.4. The van der Waals surface area contributed by atoms with E-state index in [1.807, 2.05) is 13.8 Å². The van der Waals surface area contributed by atoms with Crippen molar-refractivity contribution in [3.05, 3.63) is 26.6 Å². The van der Waals surface area contributed by atoms with Gasteiger partial charge in [0.25, 0.3) is 5.56 Å². The van der Waals surface area contributed by atoms with Gasteiger partial charge in [-0.2, -0.15) is 0 Å². The first-order valence-corrected chi connectivity index (χ1v) is 7.05. The zero-order valence-electron chi connectivity index (χ0n) is 10.2. The number of aromatic nitrogens is 2. The fourth-order valence-corrected chi connectivity index (χ4v) is 4.01. The van der Waals surface area contributed by atoms with Gasteiger partial charge < -0.3 is 0 Å². The van der Waals surface area contributed by atoms with Crippen LogP contribution in [0.1, 0.15) is 36.0 Å². The minimum atomic E-state index is 0.161. The molecule has 3 rings (SSSR count). The van der Waals surface area contributed by atoms with Crippen LogP contribution in [0.4, 0.5) is 0 Å². The maximum atomic E-state index is 12.4. The third-order valence-electron chi connectivity index (χ3n) is 3.58. The Morgan fingerprint density at radius 3 is 2.88 bits per heavy atom. The van der Waals surface area contributed by atoms with E-state index in [0.717, 1.165) is 28.9 Å². The van der Waals surface area contributed by atoms with Crippen molar-refractivity contribution in [2.45, 2.75) is 46.1 Å². The highest BCUT2D eigenvalue weighted by Crippen LogP contribution is 2.33. The topological polar surface area (TPSA) is 34.9 Å². The molecule has 0 amide bonds. The molecule has 2 aromatic rings. The summed E-state index contributed by atoms with van der Waals surface area (Å²) in [5.74, 6) is 0.837. The molecule has 0 atom stereocenters. The molecule has 2 aromatic heterocycles. The van der Waals surface area contributed by atoms with E-state index in [4.69, 9.17) is 0 Å². The number of rotatable bonds is 1. The lowest BCUT2D eigenvalue weighted by atomic mass is 9.97. The van der Waals surface area contributed by atoms with Crippen LogP contribution in [-0.4, -0.2) is 9.55 Å². The highest BCUT2D eigenvalue weighted by atomic mass is 32.1. The number of hydrogen-bond acceptors (Lipinski definition) is 3. The van der Waals surface area contributed by atoms with Crippen molar-refractivity contribution in [3.63, 3.8) is 0 Å². The highest BCUT2D eigenvalue weighted by molar-refractivity contribution is 7.18. The third-order valence-corrected chi connectivity index (χ3v) is 4.77. The summed E-state index contributed by atoms with van der Waals surface area (Å²) in [6.07, 6.45) is 4.64. The maximum Gasteiger partial charge on any atom is 0.262 e. The highest BCUT2D eigenvalue weighted by Gasteiger charge is 2.20. The van der Waals surface area contributed by atoms with E-state index in [0.29, 0.717) is 6.54 Å². The lowest BCUT2D eigenvalue weighted by Crippen LogP contribution is -2.23. The summed E-state index contributed by atoms with van der Waals surface area (Å²) in [5.41, 5.74) is 1.45. The van der Waals surface area contributed by atoms with Gasteiger partial charge in [-0.25, -0.2) is 4.98 Å². The minimum absolute atomic E-state index is 0.161. The summed E-state index contributed by atoms with van der Waals surface area (Å²) in [5, 5.41) is 0.900. The Hall–Kier alpha value is -1.16. The van der Waals surface area contributed by atoms with E-state index in [2.05, 4.69) is 4.98 Å². The third kappa shape index (κ3) is 1.54. The zero-order valence-corrected chi connectivity index (χ0v) is 11.1. The first kappa shape index (κ1) is 11.0. The van der Waals surface area contributed by atoms with Crippen molar-refractivity contribution >= 4 is 21.6 Å². The molecule has 0 fully saturated rings. The first-order valence-electron chi connectivity index (χ1n) is 6.24. The van der Waals surface area contributed by atoms with Crippen LogP contribution in [0.2, 0.25) is 0 Å². The van der Waals surface area contributed by atoms with E-state index in [9.17, 15) is 4.79 Å². The fourth-order valence-electron chi connectivity index (χ4n) is 2.71. The van der Waals surface area contributed by atoms with Crippen LogP contribution in [0.5, 0.6) is 0 Å². The molecule has 0 N–H and O–H groups in total. The molecular formula is C13H16N2OS. The summed E-state index contributed by atoms with van der Waals surface area (Å²) in [7, 11) is 0. The molecular weight excluding hydrogens is 232 g/mol. The molecule has 0 saturated carbocycles. The predicted molar refractivity (Wildman–Crippen MR) is 70.9 cm³/mol. The van der Waals surface area contributed by atoms with Gasteiger partial charge in [0.2, 0.25) is 0 Å². The Kier molecular flexibility index (Phi) is 2.54. The Balaban J connectivity index is 2.41. The van der Waals surface area contributed by atoms with Crippen molar-refractivity contribution < 1.29 is 0 Å². The second-order valence-electron chi connectivity index (χ2n) is 4.60. The van der Waals surface area contributed by atoms with Gasteiger partial charge in [0.1, 0.15) is 10.7 Å². The first-order chi connectivity index (χ1) is 8.22. The van der Waals surface area contributed by atoms with Crippen LogP contribution < -0.4 is 5.56 Å². The van der Waals surface area contributed by atoms with E-state index < -0.39 is 0 Å². The second kappa shape index (κ2) is 3.95. The molecule has 1 aliphatic carbocycles. The van der Waals surface area contributed by atoms with E-state index in [1.165, 1.54) is 23.3 Å². The second-order valence-corrected chi connectivity index (χ2v) is 5.68. The average molecular weight is 248 g/mol. The zero-order chi connectivity index (χ0) is 12.0. The van der Waals surface area contributed by atoms with Crippen LogP contribution in [0, 0.1) is 6.92 Å². The number of hydrogen-bond donors (Lipinski definition) is 0. The molecule has 4 heteroatoms. The monoisotopic (exact) mass is 248 g/mol. The van der Waals surface area contributed by atoms with Gasteiger partial charge in [0, 0.05) is 11.4 Å². The Morgan fingerprint density at radius 2 is 2.12 bits per heavy atom. The van der Waals surface area contributed by atoms with Crippen molar-refractivity contribution in [2.75, 3.05) is 0 Å². The molecule has 0 aromatic carbocycles. The molecule has 2 heterocycles. The molecule has 0 unspecified atom stereocenters. The summed E-state index contributed by atoms with van der Waals surface area (Å²) in [6.45, 7) is 4.63. The molecule has 0 spiro atoms. The number of fused-ring (bicyclic) bond motifs is 3. The van der Waals surface area contributed by atoms with Crippen LogP contribution in [0.3, 0.4) is 0 Å². The van der Waals surface area contributed by atoms with Gasteiger partial charge in [0.05, 0.1) is 5.39 Å². The van der Waals surface area contributed by atoms with Gasteiger partial charge in [-0.1, -0.05) is 0 Å². The number of nitrogens with zero attached hydrogens (tertiary/aromatic N) is 2. The fraction of sp³-hybridized carbons (Fsp3) is 0.538. The summed E-state index contributed by atoms with van der Waals surface area (Å²) in [6, 6.07) is 0. The van der Waals surface area contributed by atoms with E-state index in [1.54, 1.807) is 15.9 Å². The van der Waals surface area contributed by atoms with Gasteiger partial charge in [-0.05, 0) is 45.1 Å². The average Bonchev–Trinajstić information content (AvgIpc) is 2.67. The Morgan fingerprint density at radius 1 is 1.35 bits per heavy atom. The number of aryl methyl sites for hydroxylation is 3. The quantitative estimate of drug-likeness (QED) is 0.777. The van der Waals surface area contributed by atoms with E-state index in [-0.39, 0.29) is 5.56 Å². The molecule has 0 radical (unpaired) electrons. The van der Waals surface area contributed by atoms with Crippen molar-refractivity contribution in [1.29, 1.82) is 0 Å². The molecule has 0 bridgehead atoms. The molecule has 1 aliphatic rings. The molecule has 17 heavy (non-hydrogen) atoms. The van der Waals surface area contributed by atoms with Crippen LogP contribution >= 0.6 is 11.3 Å². The molecule has 3 nitrogen and oxygen atoms in total. The normalized spacial score (nSPS) is 15.2. The maximum absolute atomic E-state index is 12.4. The Bertz CT molecular complexity index is 639. The predicted octanol–water partition coefficient (Wildman–Crippen LogP) is 2.67. The van der Waals surface area contributed by atoms with Crippen LogP contribution in [0.15, 0.2) is 4.79 Å². The molecule has 0 saturated heterocycles. The van der Waals surface area contributed by atoms with Crippen molar-refractivity contribution in [3.8, 4) is 0 Å². The lowest BCUT2D eigenvalue weighted by Gasteiger charge is -2.10. The number of thiophene rings is 1. The Labute approximate surface area is 104 Å². The van der Waals surface area contributed by atoms with Crippen molar-refractivity contribution in [1.82, 2.24) is 9.55 Å². The summed E-state index contributed by atoms with van der Waals surface area (Å²) < 4.78 is 1.78. The molecule has 90 valence electrons. The smallest absolute Gasteiger partial charge is 0.262 e. The van der Waals surface area contributed by atoms with Gasteiger partial charge in [-0.15, -0.1) is 11.3 Å². The van der Waals surface area contributed by atoms with Crippen molar-refractivity contribution in [2.24, 2.45) is 0 Å². The SMILES string of the molecule is CCn1c(C)nc2sc3c(c2c1=O)CCCC3. The standard InChI is InChI=1S/C13H16N2OS/c1-3-15-8(2)14-12-11(13(15)16)9-6-4-5-7-10(9)17-12/h3-7H2,1-2H3. The summed E-state index contributed by atoms with van der Waals surface area (Å²) >= 11 is 1.72.